The lowest BCUT2D eigenvalue weighted by molar-refractivity contribution is -0.116. The van der Waals surface area contributed by atoms with Crippen molar-refractivity contribution in [1.29, 1.82) is 0 Å². The topological polar surface area (TPSA) is 84.3 Å². The number of hydrogen-bond acceptors (Lipinski definition) is 4. The van der Waals surface area contributed by atoms with Crippen molar-refractivity contribution in [3.8, 4) is 0 Å². The molecule has 0 radical (unpaired) electrons. The maximum atomic E-state index is 13.0. The number of anilines is 2. The van der Waals surface area contributed by atoms with Crippen LogP contribution in [0.4, 0.5) is 11.4 Å². The number of carbonyl (C=O) groups excluding carboxylic acids is 2. The van der Waals surface area contributed by atoms with Crippen LogP contribution in [0.25, 0.3) is 10.8 Å². The molecule has 0 atom stereocenters. The second kappa shape index (κ2) is 7.16. The summed E-state index contributed by atoms with van der Waals surface area (Å²) in [4.78, 5) is 39.1. The second-order valence-corrected chi connectivity index (χ2v) is 7.46. The molecule has 1 aliphatic rings. The summed E-state index contributed by atoms with van der Waals surface area (Å²) < 4.78 is 1.34. The van der Waals surface area contributed by atoms with Crippen LogP contribution >= 0.6 is 0 Å². The number of carbonyl (C=O) groups is 2. The van der Waals surface area contributed by atoms with Gasteiger partial charge in [0.15, 0.2) is 5.69 Å². The van der Waals surface area contributed by atoms with Crippen LogP contribution in [0.15, 0.2) is 47.3 Å². The maximum absolute atomic E-state index is 13.0. The number of rotatable bonds is 3. The molecule has 0 saturated carbocycles. The van der Waals surface area contributed by atoms with Crippen LogP contribution in [0.2, 0.25) is 0 Å². The third kappa shape index (κ3) is 3.29. The zero-order chi connectivity index (χ0) is 20.7. The van der Waals surface area contributed by atoms with Crippen molar-refractivity contribution in [2.75, 3.05) is 16.8 Å². The summed E-state index contributed by atoms with van der Waals surface area (Å²) in [6.07, 6.45) is 0.748. The van der Waals surface area contributed by atoms with Gasteiger partial charge >= 0.3 is 0 Å². The Labute approximate surface area is 167 Å². The van der Waals surface area contributed by atoms with Gasteiger partial charge in [-0.25, -0.2) is 4.68 Å². The smallest absolute Gasteiger partial charge is 0.276 e. The highest BCUT2D eigenvalue weighted by molar-refractivity contribution is 6.11. The minimum atomic E-state index is -0.378. The average molecular weight is 390 g/mol. The van der Waals surface area contributed by atoms with Gasteiger partial charge in [0.25, 0.3) is 11.5 Å². The fourth-order valence-corrected chi connectivity index (χ4v) is 3.72. The Bertz CT molecular complexity index is 1200. The molecule has 0 bridgehead atoms. The highest BCUT2D eigenvalue weighted by Gasteiger charge is 2.23. The Hall–Kier alpha value is -3.48. The van der Waals surface area contributed by atoms with Crippen molar-refractivity contribution in [2.24, 2.45) is 0 Å². The lowest BCUT2D eigenvalue weighted by Gasteiger charge is -2.15. The number of nitrogens with zero attached hydrogens (tertiary/aromatic N) is 3. The van der Waals surface area contributed by atoms with Gasteiger partial charge in [0.05, 0.1) is 11.4 Å². The van der Waals surface area contributed by atoms with E-state index in [4.69, 9.17) is 0 Å². The number of amides is 2. The fourth-order valence-electron chi connectivity index (χ4n) is 3.72. The Morgan fingerprint density at radius 2 is 1.83 bits per heavy atom. The molecule has 0 saturated heterocycles. The zero-order valence-corrected chi connectivity index (χ0v) is 16.6. The SMILES string of the molecule is CC(=O)N1CCc2cc(NC(=O)c3nn(C(C)C)c(=O)c4ccccc34)ccc21. The van der Waals surface area contributed by atoms with E-state index in [2.05, 4.69) is 10.4 Å². The van der Waals surface area contributed by atoms with Crippen molar-refractivity contribution in [1.82, 2.24) is 9.78 Å². The van der Waals surface area contributed by atoms with Gasteiger partial charge in [-0.2, -0.15) is 5.10 Å². The Kier molecular flexibility index (Phi) is 4.66. The van der Waals surface area contributed by atoms with Gasteiger partial charge < -0.3 is 10.2 Å². The van der Waals surface area contributed by atoms with E-state index in [9.17, 15) is 14.4 Å². The van der Waals surface area contributed by atoms with Gasteiger partial charge in [0.2, 0.25) is 5.91 Å². The summed E-state index contributed by atoms with van der Waals surface area (Å²) in [5.74, 6) is -0.371. The third-order valence-corrected chi connectivity index (χ3v) is 5.15. The van der Waals surface area contributed by atoms with Gasteiger partial charge in [-0.1, -0.05) is 18.2 Å². The van der Waals surface area contributed by atoms with Crippen LogP contribution in [-0.4, -0.2) is 28.1 Å². The van der Waals surface area contributed by atoms with Crippen LogP contribution in [0.5, 0.6) is 0 Å². The molecule has 4 rings (SSSR count). The maximum Gasteiger partial charge on any atom is 0.276 e. The number of nitrogens with one attached hydrogen (secondary N) is 1. The van der Waals surface area contributed by atoms with Gasteiger partial charge in [0.1, 0.15) is 0 Å². The van der Waals surface area contributed by atoms with E-state index < -0.39 is 0 Å². The molecule has 2 aromatic carbocycles. The first kappa shape index (κ1) is 18.9. The molecule has 7 heteroatoms. The molecular formula is C22H22N4O3. The number of aromatic nitrogens is 2. The fraction of sp³-hybridized carbons (Fsp3) is 0.273. The van der Waals surface area contributed by atoms with Gasteiger partial charge in [-0.3, -0.25) is 14.4 Å². The first-order chi connectivity index (χ1) is 13.9. The van der Waals surface area contributed by atoms with Crippen molar-refractivity contribution < 1.29 is 9.59 Å². The molecule has 1 aromatic heterocycles. The predicted octanol–water partition coefficient (Wildman–Crippen LogP) is 3.14. The summed E-state index contributed by atoms with van der Waals surface area (Å²) >= 11 is 0. The normalized spacial score (nSPS) is 13.0. The molecule has 0 aliphatic carbocycles. The van der Waals surface area contributed by atoms with E-state index in [-0.39, 0.29) is 29.1 Å². The molecule has 1 N–H and O–H groups in total. The van der Waals surface area contributed by atoms with Crippen molar-refractivity contribution in [2.45, 2.75) is 33.2 Å². The van der Waals surface area contributed by atoms with Gasteiger partial charge in [0, 0.05) is 30.2 Å². The summed E-state index contributed by atoms with van der Waals surface area (Å²) in [5.41, 5.74) is 2.52. The van der Waals surface area contributed by atoms with E-state index in [1.54, 1.807) is 42.2 Å². The lowest BCUT2D eigenvalue weighted by Crippen LogP contribution is -2.29. The van der Waals surface area contributed by atoms with E-state index in [0.29, 0.717) is 23.0 Å². The van der Waals surface area contributed by atoms with Crippen LogP contribution in [0.3, 0.4) is 0 Å². The van der Waals surface area contributed by atoms with E-state index in [1.807, 2.05) is 26.0 Å². The Balaban J connectivity index is 1.71. The minimum Gasteiger partial charge on any atom is -0.321 e. The Morgan fingerprint density at radius 1 is 1.10 bits per heavy atom. The first-order valence-electron chi connectivity index (χ1n) is 9.60. The van der Waals surface area contributed by atoms with E-state index in [0.717, 1.165) is 17.7 Å². The molecule has 148 valence electrons. The molecule has 1 aliphatic heterocycles. The van der Waals surface area contributed by atoms with Crippen LogP contribution in [0.1, 0.15) is 42.9 Å². The van der Waals surface area contributed by atoms with E-state index >= 15 is 0 Å². The molecule has 2 amide bonds. The molecule has 0 fully saturated rings. The van der Waals surface area contributed by atoms with Gasteiger partial charge in [-0.05, 0) is 50.1 Å². The summed E-state index contributed by atoms with van der Waals surface area (Å²) in [5, 5.41) is 8.22. The molecule has 2 heterocycles. The summed E-state index contributed by atoms with van der Waals surface area (Å²) in [6, 6.07) is 12.3. The molecular weight excluding hydrogens is 368 g/mol. The molecule has 0 unspecified atom stereocenters. The molecule has 3 aromatic rings. The van der Waals surface area contributed by atoms with Crippen molar-refractivity contribution in [3.05, 3.63) is 64.1 Å². The largest absolute Gasteiger partial charge is 0.321 e. The van der Waals surface area contributed by atoms with Crippen molar-refractivity contribution >= 4 is 34.0 Å². The van der Waals surface area contributed by atoms with Crippen LogP contribution in [-0.2, 0) is 11.2 Å². The zero-order valence-electron chi connectivity index (χ0n) is 16.6. The van der Waals surface area contributed by atoms with Crippen LogP contribution in [0, 0.1) is 0 Å². The predicted molar refractivity (Wildman–Crippen MR) is 113 cm³/mol. The summed E-state index contributed by atoms with van der Waals surface area (Å²) in [6.45, 7) is 5.90. The quantitative estimate of drug-likeness (QED) is 0.745. The summed E-state index contributed by atoms with van der Waals surface area (Å²) in [7, 11) is 0. The first-order valence-corrected chi connectivity index (χ1v) is 9.60. The van der Waals surface area contributed by atoms with Gasteiger partial charge in [-0.15, -0.1) is 0 Å². The highest BCUT2D eigenvalue weighted by atomic mass is 16.2. The standard InChI is InChI=1S/C22H22N4O3/c1-13(2)26-22(29)18-7-5-4-6-17(18)20(24-26)21(28)23-16-8-9-19-15(12-16)10-11-25(19)14(3)27/h4-9,12-13H,10-11H2,1-3H3,(H,23,28). The molecule has 7 nitrogen and oxygen atoms in total. The highest BCUT2D eigenvalue weighted by Crippen LogP contribution is 2.30. The van der Waals surface area contributed by atoms with Crippen molar-refractivity contribution in [3.63, 3.8) is 0 Å². The average Bonchev–Trinajstić information content (AvgIpc) is 3.11. The monoisotopic (exact) mass is 390 g/mol. The molecule has 0 spiro atoms. The second-order valence-electron chi connectivity index (χ2n) is 7.46. The number of benzene rings is 2. The number of hydrogen-bond donors (Lipinski definition) is 1. The van der Waals surface area contributed by atoms with E-state index in [1.165, 1.54) is 4.68 Å². The third-order valence-electron chi connectivity index (χ3n) is 5.15. The van der Waals surface area contributed by atoms with Crippen LogP contribution < -0.4 is 15.8 Å². The molecule has 29 heavy (non-hydrogen) atoms. The minimum absolute atomic E-state index is 0.00662. The lowest BCUT2D eigenvalue weighted by atomic mass is 10.1. The Morgan fingerprint density at radius 3 is 2.52 bits per heavy atom. The number of fused-ring (bicyclic) bond motifs is 2.